The Labute approximate surface area is 108 Å². The molecule has 0 aromatic heterocycles. The molecular weight excluding hydrogens is 253 g/mol. The third-order valence-corrected chi connectivity index (χ3v) is 2.74. The Balaban J connectivity index is 2.24. The van der Waals surface area contributed by atoms with Crippen molar-refractivity contribution in [2.75, 3.05) is 6.54 Å². The van der Waals surface area contributed by atoms with Gasteiger partial charge in [0.25, 0.3) is 0 Å². The molecule has 0 aliphatic carbocycles. The molecule has 1 N–H and O–H groups in total. The first kappa shape index (κ1) is 13.4. The Kier molecular flexibility index (Phi) is 3.72. The van der Waals surface area contributed by atoms with Gasteiger partial charge in [-0.05, 0) is 22.4 Å². The predicted molar refractivity (Wildman–Crippen MR) is 66.4 cm³/mol. The monoisotopic (exact) mass is 264 g/mol. The van der Waals surface area contributed by atoms with E-state index in [0.717, 1.165) is 10.8 Å². The Bertz CT molecular complexity index is 614. The zero-order valence-corrected chi connectivity index (χ0v) is 9.91. The summed E-state index contributed by atoms with van der Waals surface area (Å²) in [5.41, 5.74) is 0.533. The van der Waals surface area contributed by atoms with Crippen LogP contribution in [0.15, 0.2) is 42.5 Å². The standard InChI is InChI=1S/C14H11F3N2/c15-14(16,17)9-19-13(8-18)12-6-5-10-3-1-2-4-11(10)7-12/h1-7,13,19H,9H2. The quantitative estimate of drug-likeness (QED) is 0.920. The van der Waals surface area contributed by atoms with Crippen LogP contribution >= 0.6 is 0 Å². The van der Waals surface area contributed by atoms with E-state index in [1.54, 1.807) is 18.2 Å². The number of rotatable bonds is 3. The van der Waals surface area contributed by atoms with Crippen molar-refractivity contribution in [3.63, 3.8) is 0 Å². The van der Waals surface area contributed by atoms with Gasteiger partial charge in [0.1, 0.15) is 6.04 Å². The molecule has 98 valence electrons. The first-order valence-electron chi connectivity index (χ1n) is 5.68. The van der Waals surface area contributed by atoms with E-state index in [2.05, 4.69) is 5.32 Å². The van der Waals surface area contributed by atoms with Crippen LogP contribution in [0.1, 0.15) is 11.6 Å². The van der Waals surface area contributed by atoms with Crippen molar-refractivity contribution >= 4 is 10.8 Å². The molecule has 2 nitrogen and oxygen atoms in total. The SMILES string of the molecule is N#CC(NCC(F)(F)F)c1ccc2ccccc2c1. The van der Waals surface area contributed by atoms with E-state index >= 15 is 0 Å². The van der Waals surface area contributed by atoms with Crippen molar-refractivity contribution in [1.29, 1.82) is 5.26 Å². The van der Waals surface area contributed by atoms with Gasteiger partial charge in [0.2, 0.25) is 0 Å². The largest absolute Gasteiger partial charge is 0.401 e. The highest BCUT2D eigenvalue weighted by Crippen LogP contribution is 2.21. The summed E-state index contributed by atoms with van der Waals surface area (Å²) < 4.78 is 36.4. The summed E-state index contributed by atoms with van der Waals surface area (Å²) in [5, 5.41) is 13.1. The van der Waals surface area contributed by atoms with Crippen LogP contribution in [0.25, 0.3) is 10.8 Å². The number of fused-ring (bicyclic) bond motifs is 1. The van der Waals surface area contributed by atoms with E-state index < -0.39 is 18.8 Å². The van der Waals surface area contributed by atoms with Gasteiger partial charge in [-0.1, -0.05) is 36.4 Å². The molecular formula is C14H11F3N2. The average Bonchev–Trinajstić information content (AvgIpc) is 2.38. The molecule has 5 heteroatoms. The minimum absolute atomic E-state index is 0.533. The molecule has 0 fully saturated rings. The molecule has 0 amide bonds. The summed E-state index contributed by atoms with van der Waals surface area (Å²) in [6, 6.07) is 13.6. The average molecular weight is 264 g/mol. The summed E-state index contributed by atoms with van der Waals surface area (Å²) in [5.74, 6) is 0. The summed E-state index contributed by atoms with van der Waals surface area (Å²) in [7, 11) is 0. The summed E-state index contributed by atoms with van der Waals surface area (Å²) in [4.78, 5) is 0. The molecule has 0 bridgehead atoms. The van der Waals surface area contributed by atoms with Crippen LogP contribution in [-0.4, -0.2) is 12.7 Å². The molecule has 2 aromatic carbocycles. The van der Waals surface area contributed by atoms with Crippen LogP contribution in [0.2, 0.25) is 0 Å². The number of halogens is 3. The van der Waals surface area contributed by atoms with Gasteiger partial charge in [0.15, 0.2) is 0 Å². The van der Waals surface area contributed by atoms with Crippen LogP contribution < -0.4 is 5.32 Å². The second kappa shape index (κ2) is 5.29. The van der Waals surface area contributed by atoms with E-state index in [-0.39, 0.29) is 0 Å². The second-order valence-electron chi connectivity index (χ2n) is 4.16. The van der Waals surface area contributed by atoms with Crippen molar-refractivity contribution in [2.45, 2.75) is 12.2 Å². The fraction of sp³-hybridized carbons (Fsp3) is 0.214. The van der Waals surface area contributed by atoms with Crippen molar-refractivity contribution in [1.82, 2.24) is 5.32 Å². The van der Waals surface area contributed by atoms with Gasteiger partial charge in [-0.25, -0.2) is 0 Å². The van der Waals surface area contributed by atoms with Crippen molar-refractivity contribution in [3.8, 4) is 6.07 Å². The highest BCUT2D eigenvalue weighted by atomic mass is 19.4. The highest BCUT2D eigenvalue weighted by molar-refractivity contribution is 5.83. The zero-order valence-electron chi connectivity index (χ0n) is 9.91. The summed E-state index contributed by atoms with van der Waals surface area (Å²) in [6.07, 6.45) is -4.33. The van der Waals surface area contributed by atoms with E-state index in [9.17, 15) is 13.2 Å². The van der Waals surface area contributed by atoms with Crippen LogP contribution in [0, 0.1) is 11.3 Å². The fourth-order valence-corrected chi connectivity index (χ4v) is 1.84. The van der Waals surface area contributed by atoms with Gasteiger partial charge in [0.05, 0.1) is 12.6 Å². The molecule has 2 aromatic rings. The van der Waals surface area contributed by atoms with Gasteiger partial charge in [-0.3, -0.25) is 5.32 Å². The molecule has 1 unspecified atom stereocenters. The lowest BCUT2D eigenvalue weighted by Crippen LogP contribution is -2.31. The molecule has 2 rings (SSSR count). The lowest BCUT2D eigenvalue weighted by Gasteiger charge is -2.14. The maximum absolute atomic E-state index is 12.1. The Morgan fingerprint density at radius 2 is 1.79 bits per heavy atom. The van der Waals surface area contributed by atoms with Crippen molar-refractivity contribution < 1.29 is 13.2 Å². The number of nitrogens with zero attached hydrogens (tertiary/aromatic N) is 1. The maximum atomic E-state index is 12.1. The summed E-state index contributed by atoms with van der Waals surface area (Å²) in [6.45, 7) is -1.18. The molecule has 0 radical (unpaired) electrons. The van der Waals surface area contributed by atoms with Gasteiger partial charge < -0.3 is 0 Å². The number of nitriles is 1. The molecule has 0 aliphatic rings. The topological polar surface area (TPSA) is 35.8 Å². The number of hydrogen-bond donors (Lipinski definition) is 1. The Hall–Kier alpha value is -2.06. The van der Waals surface area contributed by atoms with Crippen LogP contribution in [0.4, 0.5) is 13.2 Å². The summed E-state index contributed by atoms with van der Waals surface area (Å²) >= 11 is 0. The zero-order chi connectivity index (χ0) is 13.9. The minimum atomic E-state index is -4.33. The van der Waals surface area contributed by atoms with Crippen molar-refractivity contribution in [2.24, 2.45) is 0 Å². The maximum Gasteiger partial charge on any atom is 0.401 e. The molecule has 0 aliphatic heterocycles. The number of alkyl halides is 3. The minimum Gasteiger partial charge on any atom is -0.290 e. The fourth-order valence-electron chi connectivity index (χ4n) is 1.84. The molecule has 1 atom stereocenters. The number of hydrogen-bond acceptors (Lipinski definition) is 2. The van der Waals surface area contributed by atoms with Crippen LogP contribution in [0.3, 0.4) is 0 Å². The third-order valence-electron chi connectivity index (χ3n) is 2.74. The smallest absolute Gasteiger partial charge is 0.290 e. The number of benzene rings is 2. The molecule has 0 saturated heterocycles. The third kappa shape index (κ3) is 3.46. The van der Waals surface area contributed by atoms with E-state index in [4.69, 9.17) is 5.26 Å². The Morgan fingerprint density at radius 3 is 2.42 bits per heavy atom. The normalized spacial score (nSPS) is 13.2. The Morgan fingerprint density at radius 1 is 1.11 bits per heavy atom. The van der Waals surface area contributed by atoms with E-state index in [0.29, 0.717) is 5.56 Å². The first-order chi connectivity index (χ1) is 8.99. The molecule has 0 heterocycles. The van der Waals surface area contributed by atoms with Crippen LogP contribution in [0.5, 0.6) is 0 Å². The van der Waals surface area contributed by atoms with E-state index in [1.165, 1.54) is 0 Å². The van der Waals surface area contributed by atoms with E-state index in [1.807, 2.05) is 30.3 Å². The van der Waals surface area contributed by atoms with Gasteiger partial charge in [-0.15, -0.1) is 0 Å². The van der Waals surface area contributed by atoms with Gasteiger partial charge >= 0.3 is 6.18 Å². The lowest BCUT2D eigenvalue weighted by atomic mass is 10.0. The van der Waals surface area contributed by atoms with Gasteiger partial charge in [0, 0.05) is 0 Å². The second-order valence-corrected chi connectivity index (χ2v) is 4.16. The molecule has 19 heavy (non-hydrogen) atoms. The van der Waals surface area contributed by atoms with Gasteiger partial charge in [-0.2, -0.15) is 18.4 Å². The predicted octanol–water partition coefficient (Wildman–Crippen LogP) is 3.56. The van der Waals surface area contributed by atoms with Crippen LogP contribution in [-0.2, 0) is 0 Å². The number of nitrogens with one attached hydrogen (secondary N) is 1. The molecule has 0 spiro atoms. The lowest BCUT2D eigenvalue weighted by molar-refractivity contribution is -0.125. The highest BCUT2D eigenvalue weighted by Gasteiger charge is 2.28. The molecule has 0 saturated carbocycles. The van der Waals surface area contributed by atoms with Crippen molar-refractivity contribution in [3.05, 3.63) is 48.0 Å². The first-order valence-corrected chi connectivity index (χ1v) is 5.68.